The van der Waals surface area contributed by atoms with E-state index in [0.29, 0.717) is 5.92 Å². The summed E-state index contributed by atoms with van der Waals surface area (Å²) in [6.45, 7) is 9.30. The first-order valence-corrected chi connectivity index (χ1v) is 17.6. The van der Waals surface area contributed by atoms with Crippen LogP contribution in [0.25, 0.3) is 33.0 Å². The fraction of sp³-hybridized carbons (Fsp3) is 0.261. The molecule has 0 spiro atoms. The maximum Gasteiger partial charge on any atom is 0.0546 e. The van der Waals surface area contributed by atoms with Gasteiger partial charge in [-0.15, -0.1) is 0 Å². The molecule has 3 aliphatic rings. The van der Waals surface area contributed by atoms with E-state index in [1.165, 1.54) is 104 Å². The minimum atomic E-state index is -0.0778. The van der Waals surface area contributed by atoms with E-state index >= 15 is 0 Å². The molecule has 232 valence electrons. The van der Waals surface area contributed by atoms with Crippen LogP contribution in [0.2, 0.25) is 0 Å². The molecule has 6 aromatic rings. The standard InChI is InChI=1S/C46H43N/c1-29-11-5-8-17-38(29)41-26-32-13-6-7-14-33(32)27-44(41)47(36-16-10-15-34(25-36)40-24-31-19-20-35(40)23-31)37-21-22-39-43(28-37)46(3,4)42-18-9-12-30(2)45(39)42/h5-18,21-22,25-28,31,35,40H,19-20,23-24H2,1-4H3. The van der Waals surface area contributed by atoms with Crippen LogP contribution in [-0.4, -0.2) is 0 Å². The van der Waals surface area contributed by atoms with E-state index < -0.39 is 0 Å². The Morgan fingerprint density at radius 1 is 0.574 bits per heavy atom. The number of benzene rings is 6. The van der Waals surface area contributed by atoms with Crippen molar-refractivity contribution in [1.82, 2.24) is 0 Å². The minimum absolute atomic E-state index is 0.0778. The minimum Gasteiger partial charge on any atom is -0.310 e. The molecule has 0 aliphatic heterocycles. The van der Waals surface area contributed by atoms with Crippen LogP contribution < -0.4 is 4.90 Å². The van der Waals surface area contributed by atoms with Gasteiger partial charge in [0.25, 0.3) is 0 Å². The lowest BCUT2D eigenvalue weighted by molar-refractivity contribution is 0.420. The van der Waals surface area contributed by atoms with E-state index in [0.717, 1.165) is 11.8 Å². The second kappa shape index (κ2) is 10.7. The van der Waals surface area contributed by atoms with Gasteiger partial charge in [0.15, 0.2) is 0 Å². The summed E-state index contributed by atoms with van der Waals surface area (Å²) in [5.74, 6) is 2.44. The van der Waals surface area contributed by atoms with Gasteiger partial charge in [-0.2, -0.15) is 0 Å². The van der Waals surface area contributed by atoms with Gasteiger partial charge in [-0.25, -0.2) is 0 Å². The molecule has 2 saturated carbocycles. The van der Waals surface area contributed by atoms with E-state index in [2.05, 4.69) is 154 Å². The molecule has 3 aliphatic carbocycles. The lowest BCUT2D eigenvalue weighted by Gasteiger charge is -2.31. The van der Waals surface area contributed by atoms with Crippen LogP contribution in [0.4, 0.5) is 17.1 Å². The molecule has 0 amide bonds. The van der Waals surface area contributed by atoms with E-state index in [-0.39, 0.29) is 5.41 Å². The third-order valence-corrected chi connectivity index (χ3v) is 12.0. The summed E-state index contributed by atoms with van der Waals surface area (Å²) in [7, 11) is 0. The van der Waals surface area contributed by atoms with Crippen molar-refractivity contribution < 1.29 is 0 Å². The summed E-state index contributed by atoms with van der Waals surface area (Å²) >= 11 is 0. The monoisotopic (exact) mass is 609 g/mol. The lowest BCUT2D eigenvalue weighted by atomic mass is 9.82. The maximum atomic E-state index is 2.57. The molecule has 47 heavy (non-hydrogen) atoms. The molecule has 0 heterocycles. The molecular formula is C46H43N. The van der Waals surface area contributed by atoms with Crippen LogP contribution >= 0.6 is 0 Å². The van der Waals surface area contributed by atoms with Gasteiger partial charge in [0, 0.05) is 22.4 Å². The van der Waals surface area contributed by atoms with Gasteiger partial charge in [-0.3, -0.25) is 0 Å². The number of anilines is 3. The predicted octanol–water partition coefficient (Wildman–Crippen LogP) is 12.8. The largest absolute Gasteiger partial charge is 0.310 e. The van der Waals surface area contributed by atoms with Crippen molar-refractivity contribution in [3.8, 4) is 22.3 Å². The Morgan fingerprint density at radius 2 is 1.32 bits per heavy atom. The molecule has 3 unspecified atom stereocenters. The number of fused-ring (bicyclic) bond motifs is 6. The first kappa shape index (κ1) is 28.6. The average Bonchev–Trinajstić information content (AvgIpc) is 3.78. The Bertz CT molecular complexity index is 2180. The van der Waals surface area contributed by atoms with Crippen LogP contribution in [0.1, 0.15) is 73.3 Å². The maximum absolute atomic E-state index is 2.57. The zero-order chi connectivity index (χ0) is 31.9. The lowest BCUT2D eigenvalue weighted by Crippen LogP contribution is -2.17. The van der Waals surface area contributed by atoms with Crippen molar-refractivity contribution in [2.45, 2.75) is 64.7 Å². The average molecular weight is 610 g/mol. The molecule has 2 bridgehead atoms. The topological polar surface area (TPSA) is 3.24 Å². The molecule has 9 rings (SSSR count). The molecule has 1 nitrogen and oxygen atoms in total. The van der Waals surface area contributed by atoms with E-state index in [1.807, 2.05) is 0 Å². The summed E-state index contributed by atoms with van der Waals surface area (Å²) in [5, 5.41) is 2.53. The number of rotatable bonds is 5. The zero-order valence-electron chi connectivity index (χ0n) is 28.1. The number of hydrogen-bond acceptors (Lipinski definition) is 1. The van der Waals surface area contributed by atoms with Crippen molar-refractivity contribution in [3.63, 3.8) is 0 Å². The predicted molar refractivity (Wildman–Crippen MR) is 199 cm³/mol. The summed E-state index contributed by atoms with van der Waals surface area (Å²) in [4.78, 5) is 2.57. The van der Waals surface area contributed by atoms with Crippen LogP contribution in [0.3, 0.4) is 0 Å². The van der Waals surface area contributed by atoms with Gasteiger partial charge in [0.05, 0.1) is 5.69 Å². The quantitative estimate of drug-likeness (QED) is 0.188. The third kappa shape index (κ3) is 4.50. The van der Waals surface area contributed by atoms with Crippen molar-refractivity contribution in [3.05, 3.63) is 149 Å². The number of aryl methyl sites for hydroxylation is 2. The highest BCUT2D eigenvalue weighted by atomic mass is 15.1. The Labute approximate surface area is 279 Å². The first-order valence-electron chi connectivity index (χ1n) is 17.6. The van der Waals surface area contributed by atoms with Crippen molar-refractivity contribution in [1.29, 1.82) is 0 Å². The smallest absolute Gasteiger partial charge is 0.0546 e. The van der Waals surface area contributed by atoms with Crippen LogP contribution in [-0.2, 0) is 5.41 Å². The van der Waals surface area contributed by atoms with Gasteiger partial charge in [-0.05, 0) is 143 Å². The molecular weight excluding hydrogens is 567 g/mol. The fourth-order valence-corrected chi connectivity index (χ4v) is 9.58. The SMILES string of the molecule is Cc1ccccc1-c1cc2ccccc2cc1N(c1cccc(C2CC3CCC2C3)c1)c1ccc2c(c1)C(C)(C)c1cccc(C)c1-2. The molecule has 0 radical (unpaired) electrons. The summed E-state index contributed by atoms with van der Waals surface area (Å²) in [6.07, 6.45) is 5.59. The first-order chi connectivity index (χ1) is 22.9. The second-order valence-electron chi connectivity index (χ2n) is 15.1. The Hall–Kier alpha value is -4.62. The number of hydrogen-bond donors (Lipinski definition) is 0. The highest BCUT2D eigenvalue weighted by molar-refractivity contribution is 5.99. The van der Waals surface area contributed by atoms with Crippen molar-refractivity contribution >= 4 is 27.8 Å². The number of nitrogens with zero attached hydrogens (tertiary/aromatic N) is 1. The van der Waals surface area contributed by atoms with Gasteiger partial charge >= 0.3 is 0 Å². The molecule has 0 aromatic heterocycles. The van der Waals surface area contributed by atoms with Crippen LogP contribution in [0, 0.1) is 25.7 Å². The second-order valence-corrected chi connectivity index (χ2v) is 15.1. The molecule has 0 saturated heterocycles. The van der Waals surface area contributed by atoms with E-state index in [4.69, 9.17) is 0 Å². The van der Waals surface area contributed by atoms with Gasteiger partial charge in [0.1, 0.15) is 0 Å². The van der Waals surface area contributed by atoms with Crippen molar-refractivity contribution in [2.24, 2.45) is 11.8 Å². The molecule has 6 aromatic carbocycles. The highest BCUT2D eigenvalue weighted by Crippen LogP contribution is 2.55. The van der Waals surface area contributed by atoms with E-state index in [1.54, 1.807) is 0 Å². The summed E-state index contributed by atoms with van der Waals surface area (Å²) < 4.78 is 0. The Balaban J connectivity index is 1.29. The van der Waals surface area contributed by atoms with Gasteiger partial charge in [0.2, 0.25) is 0 Å². The van der Waals surface area contributed by atoms with E-state index in [9.17, 15) is 0 Å². The van der Waals surface area contributed by atoms with Gasteiger partial charge < -0.3 is 4.90 Å². The van der Waals surface area contributed by atoms with Crippen LogP contribution in [0.15, 0.2) is 121 Å². The van der Waals surface area contributed by atoms with Crippen LogP contribution in [0.5, 0.6) is 0 Å². The molecule has 2 fully saturated rings. The summed E-state index contributed by atoms with van der Waals surface area (Å²) in [6, 6.07) is 46.2. The summed E-state index contributed by atoms with van der Waals surface area (Å²) in [5.41, 5.74) is 16.0. The van der Waals surface area contributed by atoms with Gasteiger partial charge in [-0.1, -0.05) is 105 Å². The third-order valence-electron chi connectivity index (χ3n) is 12.0. The Morgan fingerprint density at radius 3 is 2.11 bits per heavy atom. The normalized spacial score (nSPS) is 20.4. The Kier molecular flexibility index (Phi) is 6.51. The zero-order valence-corrected chi connectivity index (χ0v) is 28.1. The fourth-order valence-electron chi connectivity index (χ4n) is 9.58. The molecule has 1 heteroatoms. The molecule has 3 atom stereocenters. The molecule has 0 N–H and O–H groups in total. The van der Waals surface area contributed by atoms with Crippen molar-refractivity contribution in [2.75, 3.05) is 4.90 Å². The highest BCUT2D eigenvalue weighted by Gasteiger charge is 2.40.